The van der Waals surface area contributed by atoms with Gasteiger partial charge in [0.25, 0.3) is 5.91 Å². The van der Waals surface area contributed by atoms with Crippen molar-refractivity contribution >= 4 is 11.6 Å². The van der Waals surface area contributed by atoms with E-state index in [-0.39, 0.29) is 5.91 Å². The molecular formula is C19H20N4O. The molecule has 0 bridgehead atoms. The lowest BCUT2D eigenvalue weighted by molar-refractivity contribution is 0.0712. The Labute approximate surface area is 140 Å². The molecule has 0 saturated carbocycles. The number of pyridine rings is 1. The van der Waals surface area contributed by atoms with Crippen molar-refractivity contribution in [3.05, 3.63) is 65.6 Å². The number of carbonyl (C=O) groups excluding carboxylic acids is 1. The lowest BCUT2D eigenvalue weighted by Gasteiger charge is -2.33. The van der Waals surface area contributed by atoms with E-state index in [9.17, 15) is 4.79 Å². The van der Waals surface area contributed by atoms with Gasteiger partial charge in [-0.25, -0.2) is 0 Å². The first-order chi connectivity index (χ1) is 11.7. The molecule has 1 saturated heterocycles. The first-order valence-electron chi connectivity index (χ1n) is 8.36. The standard InChI is InChI=1S/C19H20N4O/c1-14-4-2-3-5-17(14)15-8-10-22(11-9-15)19(24)16-6-7-18-21-20-13-23(18)12-16/h2-7,12-13,15H,8-11H2,1H3. The lowest BCUT2D eigenvalue weighted by atomic mass is 9.87. The molecule has 1 aliphatic rings. The summed E-state index contributed by atoms with van der Waals surface area (Å²) in [5, 5.41) is 7.83. The Morgan fingerprint density at radius 2 is 1.92 bits per heavy atom. The number of hydrogen-bond acceptors (Lipinski definition) is 3. The molecule has 5 heteroatoms. The van der Waals surface area contributed by atoms with Crippen LogP contribution in [0, 0.1) is 6.92 Å². The second-order valence-electron chi connectivity index (χ2n) is 6.44. The summed E-state index contributed by atoms with van der Waals surface area (Å²) in [6, 6.07) is 12.2. The van der Waals surface area contributed by atoms with E-state index in [1.165, 1.54) is 11.1 Å². The fourth-order valence-corrected chi connectivity index (χ4v) is 3.57. The fraction of sp³-hybridized carbons (Fsp3) is 0.316. The third kappa shape index (κ3) is 2.66. The highest BCUT2D eigenvalue weighted by Gasteiger charge is 2.25. The summed E-state index contributed by atoms with van der Waals surface area (Å²) < 4.78 is 1.79. The molecule has 5 nitrogen and oxygen atoms in total. The molecule has 122 valence electrons. The number of hydrogen-bond donors (Lipinski definition) is 0. The molecule has 2 aromatic heterocycles. The number of aryl methyl sites for hydroxylation is 1. The van der Waals surface area contributed by atoms with E-state index in [1.54, 1.807) is 10.7 Å². The van der Waals surface area contributed by atoms with Gasteiger partial charge in [-0.3, -0.25) is 9.20 Å². The summed E-state index contributed by atoms with van der Waals surface area (Å²) in [6.45, 7) is 3.78. The summed E-state index contributed by atoms with van der Waals surface area (Å²) in [5.41, 5.74) is 4.22. The Balaban J connectivity index is 1.47. The maximum absolute atomic E-state index is 12.7. The van der Waals surface area contributed by atoms with E-state index >= 15 is 0 Å². The number of rotatable bonds is 2. The molecule has 24 heavy (non-hydrogen) atoms. The lowest BCUT2D eigenvalue weighted by Crippen LogP contribution is -2.38. The number of nitrogens with zero attached hydrogens (tertiary/aromatic N) is 4. The van der Waals surface area contributed by atoms with Crippen LogP contribution < -0.4 is 0 Å². The van der Waals surface area contributed by atoms with Crippen LogP contribution in [-0.2, 0) is 0 Å². The Bertz CT molecular complexity index is 878. The van der Waals surface area contributed by atoms with Gasteiger partial charge in [0.05, 0.1) is 5.56 Å². The molecule has 0 N–H and O–H groups in total. The van der Waals surface area contributed by atoms with Crippen molar-refractivity contribution in [2.24, 2.45) is 0 Å². The first-order valence-corrected chi connectivity index (χ1v) is 8.36. The Hall–Kier alpha value is -2.69. The van der Waals surface area contributed by atoms with Gasteiger partial charge in [-0.15, -0.1) is 10.2 Å². The summed E-state index contributed by atoms with van der Waals surface area (Å²) in [4.78, 5) is 14.7. The summed E-state index contributed by atoms with van der Waals surface area (Å²) in [7, 11) is 0. The SMILES string of the molecule is Cc1ccccc1C1CCN(C(=O)c2ccc3nncn3c2)CC1. The molecule has 0 atom stereocenters. The maximum atomic E-state index is 12.7. The van der Waals surface area contributed by atoms with Gasteiger partial charge in [0, 0.05) is 19.3 Å². The van der Waals surface area contributed by atoms with E-state index in [0.29, 0.717) is 11.5 Å². The van der Waals surface area contributed by atoms with Crippen molar-refractivity contribution in [2.45, 2.75) is 25.7 Å². The molecule has 1 fully saturated rings. The van der Waals surface area contributed by atoms with Crippen LogP contribution >= 0.6 is 0 Å². The van der Waals surface area contributed by atoms with Gasteiger partial charge in [-0.2, -0.15) is 0 Å². The molecule has 1 aromatic carbocycles. The van der Waals surface area contributed by atoms with E-state index in [2.05, 4.69) is 41.4 Å². The largest absolute Gasteiger partial charge is 0.339 e. The van der Waals surface area contributed by atoms with Crippen LogP contribution in [0.4, 0.5) is 0 Å². The summed E-state index contributed by atoms with van der Waals surface area (Å²) >= 11 is 0. The van der Waals surface area contributed by atoms with Crippen molar-refractivity contribution < 1.29 is 4.79 Å². The number of amides is 1. The minimum absolute atomic E-state index is 0.0915. The number of piperidine rings is 1. The zero-order chi connectivity index (χ0) is 16.5. The summed E-state index contributed by atoms with van der Waals surface area (Å²) in [6.07, 6.45) is 5.47. The topological polar surface area (TPSA) is 50.5 Å². The molecule has 0 aliphatic carbocycles. The van der Waals surface area contributed by atoms with E-state index < -0.39 is 0 Å². The van der Waals surface area contributed by atoms with E-state index in [1.807, 2.05) is 23.2 Å². The number of benzene rings is 1. The fourth-order valence-electron chi connectivity index (χ4n) is 3.57. The normalized spacial score (nSPS) is 15.8. The van der Waals surface area contributed by atoms with Crippen LogP contribution in [0.25, 0.3) is 5.65 Å². The van der Waals surface area contributed by atoms with Gasteiger partial charge in [0.2, 0.25) is 0 Å². The van der Waals surface area contributed by atoms with Gasteiger partial charge in [-0.1, -0.05) is 24.3 Å². The van der Waals surface area contributed by atoms with Gasteiger partial charge >= 0.3 is 0 Å². The zero-order valence-electron chi connectivity index (χ0n) is 13.7. The predicted molar refractivity (Wildman–Crippen MR) is 92.0 cm³/mol. The Morgan fingerprint density at radius 3 is 2.71 bits per heavy atom. The van der Waals surface area contributed by atoms with Crippen LogP contribution in [0.5, 0.6) is 0 Å². The van der Waals surface area contributed by atoms with E-state index in [0.717, 1.165) is 31.6 Å². The number of fused-ring (bicyclic) bond motifs is 1. The van der Waals surface area contributed by atoms with Gasteiger partial charge < -0.3 is 4.90 Å². The van der Waals surface area contributed by atoms with Crippen LogP contribution in [0.2, 0.25) is 0 Å². The monoisotopic (exact) mass is 320 g/mol. The van der Waals surface area contributed by atoms with Crippen LogP contribution in [0.3, 0.4) is 0 Å². The molecular weight excluding hydrogens is 300 g/mol. The molecule has 1 amide bonds. The number of aromatic nitrogens is 3. The Morgan fingerprint density at radius 1 is 1.12 bits per heavy atom. The maximum Gasteiger partial charge on any atom is 0.255 e. The second kappa shape index (κ2) is 6.07. The van der Waals surface area contributed by atoms with Gasteiger partial charge in [0.15, 0.2) is 5.65 Å². The van der Waals surface area contributed by atoms with Crippen molar-refractivity contribution in [3.8, 4) is 0 Å². The molecule has 0 unspecified atom stereocenters. The third-order valence-corrected chi connectivity index (χ3v) is 4.95. The van der Waals surface area contributed by atoms with Crippen LogP contribution in [-0.4, -0.2) is 38.5 Å². The minimum Gasteiger partial charge on any atom is -0.339 e. The minimum atomic E-state index is 0.0915. The highest BCUT2D eigenvalue weighted by molar-refractivity contribution is 5.94. The first kappa shape index (κ1) is 14.9. The third-order valence-electron chi connectivity index (χ3n) is 4.95. The highest BCUT2D eigenvalue weighted by atomic mass is 16.2. The number of likely N-dealkylation sites (tertiary alicyclic amines) is 1. The predicted octanol–water partition coefficient (Wildman–Crippen LogP) is 3.06. The Kier molecular flexibility index (Phi) is 3.76. The summed E-state index contributed by atoms with van der Waals surface area (Å²) in [5.74, 6) is 0.643. The van der Waals surface area contributed by atoms with Gasteiger partial charge in [0.1, 0.15) is 6.33 Å². The molecule has 0 radical (unpaired) electrons. The van der Waals surface area contributed by atoms with Crippen molar-refractivity contribution in [1.82, 2.24) is 19.5 Å². The molecule has 4 rings (SSSR count). The van der Waals surface area contributed by atoms with Crippen molar-refractivity contribution in [3.63, 3.8) is 0 Å². The van der Waals surface area contributed by atoms with Crippen molar-refractivity contribution in [2.75, 3.05) is 13.1 Å². The average Bonchev–Trinajstić information content (AvgIpc) is 3.09. The van der Waals surface area contributed by atoms with Gasteiger partial charge in [-0.05, 0) is 48.9 Å². The smallest absolute Gasteiger partial charge is 0.255 e. The van der Waals surface area contributed by atoms with Crippen LogP contribution in [0.15, 0.2) is 48.9 Å². The van der Waals surface area contributed by atoms with Crippen LogP contribution in [0.1, 0.15) is 40.2 Å². The molecule has 1 aliphatic heterocycles. The molecule has 3 aromatic rings. The van der Waals surface area contributed by atoms with E-state index in [4.69, 9.17) is 0 Å². The molecule has 0 spiro atoms. The highest BCUT2D eigenvalue weighted by Crippen LogP contribution is 2.30. The quantitative estimate of drug-likeness (QED) is 0.729. The molecule has 3 heterocycles. The second-order valence-corrected chi connectivity index (χ2v) is 6.44. The van der Waals surface area contributed by atoms with Crippen molar-refractivity contribution in [1.29, 1.82) is 0 Å². The average molecular weight is 320 g/mol. The zero-order valence-corrected chi connectivity index (χ0v) is 13.7. The number of carbonyl (C=O) groups is 1.